The van der Waals surface area contributed by atoms with Crippen LogP contribution in [-0.2, 0) is 10.9 Å². The summed E-state index contributed by atoms with van der Waals surface area (Å²) in [6.07, 6.45) is -2.04. The molecule has 1 aromatic heterocycles. The molecule has 1 N–H and O–H groups in total. The van der Waals surface area contributed by atoms with Crippen LogP contribution in [0.5, 0.6) is 0 Å². The summed E-state index contributed by atoms with van der Waals surface area (Å²) in [4.78, 5) is 28.0. The number of benzene rings is 2. The third-order valence-electron chi connectivity index (χ3n) is 7.81. The van der Waals surface area contributed by atoms with E-state index in [1.807, 2.05) is 30.7 Å². The predicted molar refractivity (Wildman–Crippen MR) is 149 cm³/mol. The summed E-state index contributed by atoms with van der Waals surface area (Å²) in [5, 5.41) is 2.55. The molecule has 2 atom stereocenters. The second-order valence-corrected chi connectivity index (χ2v) is 10.6. The van der Waals surface area contributed by atoms with Crippen LogP contribution in [0.2, 0.25) is 0 Å². The SMILES string of the molecule is CC1CN(c2cc(F)c(-c3cnc(N4CCOCC4)nc3)cc2NC(=O)c2ccc(F)cc2C(F)(F)F)C[C@@H](C)N1C. The lowest BCUT2D eigenvalue weighted by Crippen LogP contribution is -2.55. The Labute approximate surface area is 240 Å². The van der Waals surface area contributed by atoms with Gasteiger partial charge < -0.3 is 19.9 Å². The molecular weight excluding hydrogens is 559 g/mol. The second kappa shape index (κ2) is 11.8. The van der Waals surface area contributed by atoms with Gasteiger partial charge in [-0.2, -0.15) is 13.2 Å². The lowest BCUT2D eigenvalue weighted by atomic mass is 10.0. The molecule has 2 aromatic carbocycles. The number of alkyl halides is 3. The van der Waals surface area contributed by atoms with Crippen LogP contribution in [0.4, 0.5) is 39.3 Å². The first-order valence-corrected chi connectivity index (χ1v) is 13.6. The number of hydrogen-bond acceptors (Lipinski definition) is 7. The number of aromatic nitrogens is 2. The first kappa shape index (κ1) is 29.6. The van der Waals surface area contributed by atoms with Crippen molar-refractivity contribution in [2.75, 3.05) is 61.6 Å². The van der Waals surface area contributed by atoms with Crippen LogP contribution in [-0.4, -0.2) is 79.3 Å². The van der Waals surface area contributed by atoms with Crippen molar-refractivity contribution in [1.82, 2.24) is 14.9 Å². The Balaban J connectivity index is 1.54. The van der Waals surface area contributed by atoms with Gasteiger partial charge in [-0.3, -0.25) is 9.69 Å². The molecule has 1 amide bonds. The molecule has 3 aromatic rings. The number of anilines is 3. The van der Waals surface area contributed by atoms with Crippen LogP contribution in [0.15, 0.2) is 42.7 Å². The van der Waals surface area contributed by atoms with Gasteiger partial charge in [0.05, 0.1) is 35.7 Å². The molecule has 5 rings (SSSR count). The summed E-state index contributed by atoms with van der Waals surface area (Å²) in [6.45, 7) is 7.30. The number of carbonyl (C=O) groups excluding carboxylic acids is 1. The average molecular weight is 591 g/mol. The number of hydrogen-bond donors (Lipinski definition) is 1. The van der Waals surface area contributed by atoms with Crippen LogP contribution in [0.25, 0.3) is 11.1 Å². The molecule has 2 aliphatic rings. The molecule has 0 radical (unpaired) electrons. The number of carbonyl (C=O) groups is 1. The molecule has 2 fully saturated rings. The fourth-order valence-electron chi connectivity index (χ4n) is 5.27. The van der Waals surface area contributed by atoms with Gasteiger partial charge in [0.15, 0.2) is 0 Å². The highest BCUT2D eigenvalue weighted by Gasteiger charge is 2.36. The minimum Gasteiger partial charge on any atom is -0.378 e. The molecule has 3 heterocycles. The number of nitrogens with one attached hydrogen (secondary N) is 1. The minimum atomic E-state index is -4.96. The maximum absolute atomic E-state index is 15.7. The highest BCUT2D eigenvalue weighted by Crippen LogP contribution is 2.37. The Hall–Kier alpha value is -3.84. The molecule has 2 saturated heterocycles. The van der Waals surface area contributed by atoms with E-state index >= 15 is 4.39 Å². The lowest BCUT2D eigenvalue weighted by molar-refractivity contribution is -0.138. The number of morpholine rings is 1. The summed E-state index contributed by atoms with van der Waals surface area (Å²) in [7, 11) is 1.98. The topological polar surface area (TPSA) is 73.8 Å². The van der Waals surface area contributed by atoms with Crippen molar-refractivity contribution in [2.24, 2.45) is 0 Å². The Bertz CT molecular complexity index is 1430. The standard InChI is InChI=1S/C29H31F5N6O2/c1-17-15-40(16-18(2)38(17)3)26-12-24(31)22(19-13-35-28(36-14-19)39-6-8-42-9-7-39)11-25(26)37-27(41)21-5-4-20(30)10-23(21)29(32,33)34/h4-5,10-14,17-18H,6-9,15-16H2,1-3H3,(H,37,41)/t17-,18?/m1/s1. The molecule has 13 heteroatoms. The van der Waals surface area contributed by atoms with Gasteiger partial charge in [0.25, 0.3) is 5.91 Å². The zero-order valence-corrected chi connectivity index (χ0v) is 23.4. The van der Waals surface area contributed by atoms with Gasteiger partial charge in [0.1, 0.15) is 11.6 Å². The third kappa shape index (κ3) is 6.16. The van der Waals surface area contributed by atoms with E-state index < -0.39 is 34.8 Å². The molecule has 1 unspecified atom stereocenters. The minimum absolute atomic E-state index is 0.0629. The monoisotopic (exact) mass is 590 g/mol. The second-order valence-electron chi connectivity index (χ2n) is 10.6. The average Bonchev–Trinajstić information content (AvgIpc) is 2.96. The van der Waals surface area contributed by atoms with Crippen LogP contribution < -0.4 is 15.1 Å². The van der Waals surface area contributed by atoms with Crippen molar-refractivity contribution >= 4 is 23.2 Å². The quantitative estimate of drug-likeness (QED) is 0.417. The molecular formula is C29H31F5N6O2. The zero-order valence-electron chi connectivity index (χ0n) is 23.4. The van der Waals surface area contributed by atoms with Gasteiger partial charge in [-0.05, 0) is 51.2 Å². The molecule has 0 aliphatic carbocycles. The maximum Gasteiger partial charge on any atom is 0.417 e. The van der Waals surface area contributed by atoms with E-state index in [2.05, 4.69) is 20.2 Å². The molecule has 0 saturated carbocycles. The fourth-order valence-corrected chi connectivity index (χ4v) is 5.27. The molecule has 42 heavy (non-hydrogen) atoms. The Morgan fingerprint density at radius 3 is 2.24 bits per heavy atom. The third-order valence-corrected chi connectivity index (χ3v) is 7.81. The van der Waals surface area contributed by atoms with E-state index in [1.165, 1.54) is 24.5 Å². The van der Waals surface area contributed by atoms with Gasteiger partial charge in [-0.1, -0.05) is 0 Å². The molecule has 0 bridgehead atoms. The van der Waals surface area contributed by atoms with Gasteiger partial charge in [-0.15, -0.1) is 0 Å². The zero-order chi connectivity index (χ0) is 30.2. The molecule has 224 valence electrons. The number of piperazine rings is 1. The van der Waals surface area contributed by atoms with E-state index in [1.54, 1.807) is 0 Å². The number of nitrogens with zero attached hydrogens (tertiary/aromatic N) is 5. The van der Waals surface area contributed by atoms with Crippen molar-refractivity contribution in [3.8, 4) is 11.1 Å². The number of halogens is 5. The number of rotatable bonds is 5. The highest BCUT2D eigenvalue weighted by atomic mass is 19.4. The van der Waals surface area contributed by atoms with Crippen LogP contribution in [0.1, 0.15) is 29.8 Å². The van der Waals surface area contributed by atoms with Crippen LogP contribution in [0, 0.1) is 11.6 Å². The van der Waals surface area contributed by atoms with Crippen LogP contribution >= 0.6 is 0 Å². The first-order chi connectivity index (χ1) is 19.9. The molecule has 8 nitrogen and oxygen atoms in total. The van der Waals surface area contributed by atoms with Gasteiger partial charge >= 0.3 is 6.18 Å². The summed E-state index contributed by atoms with van der Waals surface area (Å²) >= 11 is 0. The number of likely N-dealkylation sites (N-methyl/N-ethyl adjacent to an activating group) is 1. The van der Waals surface area contributed by atoms with Crippen molar-refractivity contribution in [3.05, 3.63) is 65.5 Å². The van der Waals surface area contributed by atoms with Gasteiger partial charge in [0, 0.05) is 61.8 Å². The maximum atomic E-state index is 15.7. The van der Waals surface area contributed by atoms with Crippen LogP contribution in [0.3, 0.4) is 0 Å². The lowest BCUT2D eigenvalue weighted by Gasteiger charge is -2.44. The normalized spacial score (nSPS) is 20.1. The summed E-state index contributed by atoms with van der Waals surface area (Å²) < 4.78 is 75.8. The van der Waals surface area contributed by atoms with E-state index in [0.717, 1.165) is 12.1 Å². The Kier molecular flexibility index (Phi) is 8.33. The Morgan fingerprint density at radius 1 is 0.976 bits per heavy atom. The smallest absolute Gasteiger partial charge is 0.378 e. The van der Waals surface area contributed by atoms with Crippen molar-refractivity contribution < 1.29 is 31.5 Å². The Morgan fingerprint density at radius 2 is 1.62 bits per heavy atom. The summed E-state index contributed by atoms with van der Waals surface area (Å²) in [5.74, 6) is -2.37. The summed E-state index contributed by atoms with van der Waals surface area (Å²) in [6, 6.07) is 4.66. The summed E-state index contributed by atoms with van der Waals surface area (Å²) in [5.41, 5.74) is -1.35. The van der Waals surface area contributed by atoms with E-state index in [-0.39, 0.29) is 29.4 Å². The van der Waals surface area contributed by atoms with Gasteiger partial charge in [0.2, 0.25) is 5.95 Å². The largest absolute Gasteiger partial charge is 0.417 e. The van der Waals surface area contributed by atoms with E-state index in [9.17, 15) is 22.4 Å². The highest BCUT2D eigenvalue weighted by molar-refractivity contribution is 6.07. The fraction of sp³-hybridized carbons (Fsp3) is 0.414. The van der Waals surface area contributed by atoms with Crippen molar-refractivity contribution in [2.45, 2.75) is 32.1 Å². The van der Waals surface area contributed by atoms with Gasteiger partial charge in [-0.25, -0.2) is 18.7 Å². The van der Waals surface area contributed by atoms with E-state index in [0.29, 0.717) is 56.6 Å². The molecule has 0 spiro atoms. The van der Waals surface area contributed by atoms with Crippen molar-refractivity contribution in [3.63, 3.8) is 0 Å². The van der Waals surface area contributed by atoms with E-state index in [4.69, 9.17) is 4.74 Å². The molecule has 2 aliphatic heterocycles. The predicted octanol–water partition coefficient (Wildman–Crippen LogP) is 5.06. The first-order valence-electron chi connectivity index (χ1n) is 13.6. The number of amides is 1. The van der Waals surface area contributed by atoms with Crippen molar-refractivity contribution in [1.29, 1.82) is 0 Å². The number of ether oxygens (including phenoxy) is 1.